The summed E-state index contributed by atoms with van der Waals surface area (Å²) in [5.41, 5.74) is 1.05. The lowest BCUT2D eigenvalue weighted by Gasteiger charge is -2.21. The Morgan fingerprint density at radius 3 is 2.39 bits per heavy atom. The molecule has 0 aliphatic heterocycles. The quantitative estimate of drug-likeness (QED) is 0.322. The molecule has 0 radical (unpaired) electrons. The van der Waals surface area contributed by atoms with Gasteiger partial charge in [0.25, 0.3) is 0 Å². The van der Waals surface area contributed by atoms with Crippen molar-refractivity contribution < 1.29 is 4.79 Å². The van der Waals surface area contributed by atoms with Gasteiger partial charge in [0.15, 0.2) is 5.96 Å². The number of guanidine groups is 1. The number of nitrogens with zero attached hydrogens (tertiary/aromatic N) is 1. The summed E-state index contributed by atoms with van der Waals surface area (Å²) in [4.78, 5) is 17.1. The van der Waals surface area contributed by atoms with Crippen LogP contribution < -0.4 is 16.0 Å². The van der Waals surface area contributed by atoms with Crippen LogP contribution in [0.15, 0.2) is 34.2 Å². The number of aryl methyl sites for hydroxylation is 1. The van der Waals surface area contributed by atoms with Crippen LogP contribution in [-0.4, -0.2) is 43.3 Å². The van der Waals surface area contributed by atoms with Crippen molar-refractivity contribution in [1.82, 2.24) is 16.0 Å². The van der Waals surface area contributed by atoms with E-state index in [-0.39, 0.29) is 18.0 Å². The van der Waals surface area contributed by atoms with E-state index in [1.54, 1.807) is 18.8 Å². The third-order valence-corrected chi connectivity index (χ3v) is 3.85. The largest absolute Gasteiger partial charge is 0.356 e. The summed E-state index contributed by atoms with van der Waals surface area (Å²) in [7, 11) is 1.70. The van der Waals surface area contributed by atoms with Crippen molar-refractivity contribution in [2.45, 2.75) is 38.1 Å². The topological polar surface area (TPSA) is 65.5 Å². The van der Waals surface area contributed by atoms with E-state index < -0.39 is 0 Å². The van der Waals surface area contributed by atoms with E-state index >= 15 is 0 Å². The smallest absolute Gasteiger partial charge is 0.239 e. The average Bonchev–Trinajstić information content (AvgIpc) is 2.46. The first-order valence-electron chi connectivity index (χ1n) is 7.75. The third kappa shape index (κ3) is 9.13. The Bertz CT molecular complexity index is 520. The molecule has 0 heterocycles. The molecule has 1 aromatic carbocycles. The van der Waals surface area contributed by atoms with Gasteiger partial charge in [-0.05, 0) is 39.8 Å². The van der Waals surface area contributed by atoms with E-state index in [0.29, 0.717) is 5.96 Å². The number of hydrogen-bond acceptors (Lipinski definition) is 3. The van der Waals surface area contributed by atoms with Crippen LogP contribution in [-0.2, 0) is 4.79 Å². The molecule has 0 unspecified atom stereocenters. The minimum Gasteiger partial charge on any atom is -0.356 e. The van der Waals surface area contributed by atoms with Crippen molar-refractivity contribution >= 4 is 23.6 Å². The molecular weight excluding hydrogens is 308 g/mol. The summed E-state index contributed by atoms with van der Waals surface area (Å²) in [6, 6.07) is 8.49. The molecule has 1 amide bonds. The zero-order valence-corrected chi connectivity index (χ0v) is 15.5. The van der Waals surface area contributed by atoms with Crippen molar-refractivity contribution in [2.24, 2.45) is 4.99 Å². The van der Waals surface area contributed by atoms with Gasteiger partial charge in [0.2, 0.25) is 5.91 Å². The molecule has 23 heavy (non-hydrogen) atoms. The first kappa shape index (κ1) is 19.4. The van der Waals surface area contributed by atoms with Crippen molar-refractivity contribution in [1.29, 1.82) is 0 Å². The second-order valence-corrected chi connectivity index (χ2v) is 7.48. The highest BCUT2D eigenvalue weighted by molar-refractivity contribution is 7.99. The highest BCUT2D eigenvalue weighted by Gasteiger charge is 2.13. The van der Waals surface area contributed by atoms with E-state index in [1.165, 1.54) is 10.5 Å². The minimum absolute atomic E-state index is 0.0468. The molecule has 0 aliphatic carbocycles. The molecule has 0 atom stereocenters. The second kappa shape index (κ2) is 9.45. The number of carbonyl (C=O) groups is 1. The Morgan fingerprint density at radius 1 is 1.17 bits per heavy atom. The Hall–Kier alpha value is -1.69. The lowest BCUT2D eigenvalue weighted by atomic mass is 10.1. The van der Waals surface area contributed by atoms with Crippen LogP contribution in [0, 0.1) is 6.92 Å². The van der Waals surface area contributed by atoms with Gasteiger partial charge in [0.1, 0.15) is 0 Å². The van der Waals surface area contributed by atoms with Crippen LogP contribution in [0.2, 0.25) is 0 Å². The van der Waals surface area contributed by atoms with Gasteiger partial charge in [0, 0.05) is 29.8 Å². The van der Waals surface area contributed by atoms with E-state index in [2.05, 4.69) is 52.1 Å². The normalized spacial score (nSPS) is 12.0. The highest BCUT2D eigenvalue weighted by Crippen LogP contribution is 2.17. The van der Waals surface area contributed by atoms with Crippen LogP contribution in [0.4, 0.5) is 0 Å². The number of aliphatic imine (C=N–C) groups is 1. The Balaban J connectivity index is 2.24. The SMILES string of the molecule is CN=C(NCCSc1ccc(C)cc1)NCC(=O)NC(C)(C)C. The van der Waals surface area contributed by atoms with Crippen molar-refractivity contribution in [2.75, 3.05) is 25.9 Å². The summed E-state index contributed by atoms with van der Waals surface area (Å²) >= 11 is 1.79. The minimum atomic E-state index is -0.222. The first-order valence-corrected chi connectivity index (χ1v) is 8.74. The molecule has 0 spiro atoms. The maximum Gasteiger partial charge on any atom is 0.239 e. The fraction of sp³-hybridized carbons (Fsp3) is 0.529. The lowest BCUT2D eigenvalue weighted by Crippen LogP contribution is -2.48. The number of thioether (sulfide) groups is 1. The van der Waals surface area contributed by atoms with Gasteiger partial charge >= 0.3 is 0 Å². The van der Waals surface area contributed by atoms with E-state index in [9.17, 15) is 4.79 Å². The maximum absolute atomic E-state index is 11.8. The van der Waals surface area contributed by atoms with Gasteiger partial charge in [0.05, 0.1) is 6.54 Å². The van der Waals surface area contributed by atoms with E-state index in [1.807, 2.05) is 20.8 Å². The molecule has 1 rings (SSSR count). The molecule has 0 aromatic heterocycles. The van der Waals surface area contributed by atoms with Gasteiger partial charge in [-0.3, -0.25) is 9.79 Å². The molecule has 3 N–H and O–H groups in total. The van der Waals surface area contributed by atoms with Gasteiger partial charge < -0.3 is 16.0 Å². The molecule has 0 bridgehead atoms. The predicted molar refractivity (Wildman–Crippen MR) is 99.2 cm³/mol. The summed E-state index contributed by atoms with van der Waals surface area (Å²) in [6.07, 6.45) is 0. The maximum atomic E-state index is 11.8. The molecular formula is C17H28N4OS. The molecule has 0 fully saturated rings. The van der Waals surface area contributed by atoms with Crippen LogP contribution in [0.5, 0.6) is 0 Å². The zero-order chi connectivity index (χ0) is 17.3. The summed E-state index contributed by atoms with van der Waals surface area (Å²) in [5.74, 6) is 1.52. The Morgan fingerprint density at radius 2 is 1.83 bits per heavy atom. The van der Waals surface area contributed by atoms with Crippen LogP contribution >= 0.6 is 11.8 Å². The average molecular weight is 337 g/mol. The summed E-state index contributed by atoms with van der Waals surface area (Å²) < 4.78 is 0. The molecule has 6 heteroatoms. The number of rotatable bonds is 6. The number of benzene rings is 1. The fourth-order valence-electron chi connectivity index (χ4n) is 1.82. The van der Waals surface area contributed by atoms with Gasteiger partial charge in [-0.2, -0.15) is 0 Å². The van der Waals surface area contributed by atoms with E-state index in [0.717, 1.165) is 12.3 Å². The number of carbonyl (C=O) groups excluding carboxylic acids is 1. The Labute approximate surface area is 143 Å². The molecule has 128 valence electrons. The van der Waals surface area contributed by atoms with E-state index in [4.69, 9.17) is 0 Å². The van der Waals surface area contributed by atoms with Crippen LogP contribution in [0.3, 0.4) is 0 Å². The van der Waals surface area contributed by atoms with Gasteiger partial charge in [-0.25, -0.2) is 0 Å². The third-order valence-electron chi connectivity index (χ3n) is 2.84. The van der Waals surface area contributed by atoms with Crippen LogP contribution in [0.1, 0.15) is 26.3 Å². The van der Waals surface area contributed by atoms with Crippen LogP contribution in [0.25, 0.3) is 0 Å². The molecule has 0 saturated heterocycles. The highest BCUT2D eigenvalue weighted by atomic mass is 32.2. The molecule has 1 aromatic rings. The molecule has 5 nitrogen and oxygen atoms in total. The lowest BCUT2D eigenvalue weighted by molar-refractivity contribution is -0.121. The Kier molecular flexibility index (Phi) is 7.95. The van der Waals surface area contributed by atoms with Crippen molar-refractivity contribution in [3.05, 3.63) is 29.8 Å². The monoisotopic (exact) mass is 336 g/mol. The van der Waals surface area contributed by atoms with Gasteiger partial charge in [-0.1, -0.05) is 17.7 Å². The number of nitrogens with one attached hydrogen (secondary N) is 3. The van der Waals surface area contributed by atoms with Crippen molar-refractivity contribution in [3.8, 4) is 0 Å². The van der Waals surface area contributed by atoms with Gasteiger partial charge in [-0.15, -0.1) is 11.8 Å². The standard InChI is InChI=1S/C17H28N4OS/c1-13-6-8-14(9-7-13)23-11-10-19-16(18-5)20-12-15(22)21-17(2,3)4/h6-9H,10-12H2,1-5H3,(H,21,22)(H2,18,19,20). The number of hydrogen-bond donors (Lipinski definition) is 3. The second-order valence-electron chi connectivity index (χ2n) is 6.31. The summed E-state index contributed by atoms with van der Waals surface area (Å²) in [5, 5.41) is 9.13. The predicted octanol–water partition coefficient (Wildman–Crippen LogP) is 2.17. The summed E-state index contributed by atoms with van der Waals surface area (Å²) in [6.45, 7) is 8.95. The first-order chi connectivity index (χ1) is 10.8. The zero-order valence-electron chi connectivity index (χ0n) is 14.7. The van der Waals surface area contributed by atoms with Crippen molar-refractivity contribution in [3.63, 3.8) is 0 Å². The molecule has 0 saturated carbocycles. The number of amides is 1. The fourth-order valence-corrected chi connectivity index (χ4v) is 2.59. The molecule has 0 aliphatic rings.